The Kier molecular flexibility index (Phi) is 6.07. The lowest BCUT2D eigenvalue weighted by molar-refractivity contribution is -0.200. The van der Waals surface area contributed by atoms with Gasteiger partial charge in [0.1, 0.15) is 0 Å². The van der Waals surface area contributed by atoms with Crippen LogP contribution in [0, 0.1) is 10.8 Å². The van der Waals surface area contributed by atoms with Gasteiger partial charge < -0.3 is 15.3 Å². The first-order valence-corrected chi connectivity index (χ1v) is 13.3. The van der Waals surface area contributed by atoms with Gasteiger partial charge in [-0.1, -0.05) is 19.9 Å². The molecule has 3 aliphatic rings. The van der Waals surface area contributed by atoms with E-state index in [-0.39, 0.29) is 11.4 Å². The number of nitrogens with zero attached hydrogens (tertiary/aromatic N) is 4. The van der Waals surface area contributed by atoms with Crippen molar-refractivity contribution in [3.8, 4) is 28.4 Å². The van der Waals surface area contributed by atoms with Gasteiger partial charge >= 0.3 is 0 Å². The third-order valence-corrected chi connectivity index (χ3v) is 8.55. The van der Waals surface area contributed by atoms with E-state index in [0.29, 0.717) is 17.1 Å². The SMILES string of the molecule is COc1cc(-c2n[nH]c(-c3ccc(C4CCC(N5CC6(COC6)C5)CC4)cn3)c2C(C)C)cn(N)c1=N. The lowest BCUT2D eigenvalue weighted by atomic mass is 9.74. The molecule has 2 aliphatic heterocycles. The van der Waals surface area contributed by atoms with Gasteiger partial charge in [-0.15, -0.1) is 0 Å². The Labute approximate surface area is 217 Å². The Morgan fingerprint density at radius 2 is 1.95 bits per heavy atom. The van der Waals surface area contributed by atoms with E-state index in [1.54, 1.807) is 13.3 Å². The van der Waals surface area contributed by atoms with E-state index < -0.39 is 0 Å². The maximum absolute atomic E-state index is 8.08. The molecular formula is C28H37N7O2. The lowest BCUT2D eigenvalue weighted by Gasteiger charge is -2.58. The van der Waals surface area contributed by atoms with E-state index in [0.717, 1.165) is 47.5 Å². The molecule has 6 rings (SSSR count). The fourth-order valence-corrected chi connectivity index (χ4v) is 6.42. The summed E-state index contributed by atoms with van der Waals surface area (Å²) < 4.78 is 12.0. The average Bonchev–Trinajstić information content (AvgIpc) is 3.30. The van der Waals surface area contributed by atoms with Gasteiger partial charge in [0.05, 0.1) is 37.4 Å². The largest absolute Gasteiger partial charge is 0.493 e. The molecule has 5 heterocycles. The Hall–Kier alpha value is -3.17. The first-order chi connectivity index (χ1) is 17.9. The molecule has 37 heavy (non-hydrogen) atoms. The second kappa shape index (κ2) is 9.29. The summed E-state index contributed by atoms with van der Waals surface area (Å²) in [5.74, 6) is 7.21. The predicted octanol–water partition coefficient (Wildman–Crippen LogP) is 3.62. The summed E-state index contributed by atoms with van der Waals surface area (Å²) in [7, 11) is 1.54. The standard InChI is InChI=1S/C28H37N7O2/c1-17(2)24-25(20-10-23(36-3)27(29)35(30)12-20)32-33-26(24)22-9-6-19(11-31-22)18-4-7-21(8-5-18)34-13-28(14-34)15-37-16-28/h6,9-12,17-18,21,29H,4-5,7-8,13-16,30H2,1-3H3,(H,32,33). The molecule has 1 saturated carbocycles. The maximum Gasteiger partial charge on any atom is 0.186 e. The van der Waals surface area contributed by atoms with Crippen LogP contribution in [0.5, 0.6) is 5.75 Å². The topological polar surface area (TPSA) is 118 Å². The number of H-pyrrole nitrogens is 1. The number of methoxy groups -OCH3 is 1. The summed E-state index contributed by atoms with van der Waals surface area (Å²) in [5, 5.41) is 15.9. The van der Waals surface area contributed by atoms with Crippen molar-refractivity contribution < 1.29 is 9.47 Å². The Morgan fingerprint density at radius 3 is 2.54 bits per heavy atom. The number of nitrogens with two attached hydrogens (primary N) is 1. The van der Waals surface area contributed by atoms with E-state index in [2.05, 4.69) is 47.3 Å². The van der Waals surface area contributed by atoms with E-state index in [4.69, 9.17) is 25.7 Å². The Bertz CT molecular complexity index is 1320. The van der Waals surface area contributed by atoms with Gasteiger partial charge in [0, 0.05) is 48.1 Å². The van der Waals surface area contributed by atoms with Crippen molar-refractivity contribution in [2.45, 2.75) is 57.4 Å². The number of ether oxygens (including phenoxy) is 2. The third kappa shape index (κ3) is 4.24. The number of nitrogen functional groups attached to an aromatic ring is 1. The van der Waals surface area contributed by atoms with E-state index in [1.807, 2.05) is 6.07 Å². The van der Waals surface area contributed by atoms with Gasteiger partial charge in [-0.2, -0.15) is 5.10 Å². The molecule has 0 bridgehead atoms. The van der Waals surface area contributed by atoms with Gasteiger partial charge in [0.2, 0.25) is 0 Å². The second-order valence-electron chi connectivity index (χ2n) is 11.4. The van der Waals surface area contributed by atoms with Crippen molar-refractivity contribution in [3.05, 3.63) is 47.2 Å². The van der Waals surface area contributed by atoms with Crippen LogP contribution in [0.15, 0.2) is 30.6 Å². The van der Waals surface area contributed by atoms with Crippen LogP contribution in [0.25, 0.3) is 22.6 Å². The summed E-state index contributed by atoms with van der Waals surface area (Å²) in [6.07, 6.45) is 8.76. The van der Waals surface area contributed by atoms with Crippen LogP contribution in [0.3, 0.4) is 0 Å². The molecule has 1 spiro atoms. The van der Waals surface area contributed by atoms with Crippen LogP contribution in [-0.2, 0) is 4.74 Å². The molecular weight excluding hydrogens is 466 g/mol. The minimum absolute atomic E-state index is 0.112. The first-order valence-electron chi connectivity index (χ1n) is 13.3. The molecule has 0 radical (unpaired) electrons. The van der Waals surface area contributed by atoms with Crippen molar-refractivity contribution in [1.29, 1.82) is 5.41 Å². The van der Waals surface area contributed by atoms with Crippen molar-refractivity contribution in [2.24, 2.45) is 5.41 Å². The second-order valence-corrected chi connectivity index (χ2v) is 11.4. The van der Waals surface area contributed by atoms with Gasteiger partial charge in [-0.3, -0.25) is 20.4 Å². The summed E-state index contributed by atoms with van der Waals surface area (Å²) in [4.78, 5) is 7.56. The Balaban J connectivity index is 1.18. The molecule has 3 aromatic rings. The number of rotatable bonds is 6. The van der Waals surface area contributed by atoms with Crippen molar-refractivity contribution in [3.63, 3.8) is 0 Å². The highest BCUT2D eigenvalue weighted by atomic mass is 16.5. The molecule has 196 valence electrons. The monoisotopic (exact) mass is 503 g/mol. The summed E-state index contributed by atoms with van der Waals surface area (Å²) in [6, 6.07) is 6.91. The minimum Gasteiger partial charge on any atom is -0.493 e. The molecule has 3 fully saturated rings. The van der Waals surface area contributed by atoms with Gasteiger partial charge in [-0.25, -0.2) is 4.68 Å². The lowest BCUT2D eigenvalue weighted by Crippen LogP contribution is -2.68. The Morgan fingerprint density at radius 1 is 1.19 bits per heavy atom. The van der Waals surface area contributed by atoms with Crippen LogP contribution < -0.4 is 16.1 Å². The molecule has 1 aliphatic carbocycles. The number of nitrogens with one attached hydrogen (secondary N) is 2. The zero-order chi connectivity index (χ0) is 25.7. The predicted molar refractivity (Wildman–Crippen MR) is 142 cm³/mol. The third-order valence-electron chi connectivity index (χ3n) is 8.55. The average molecular weight is 504 g/mol. The van der Waals surface area contributed by atoms with Gasteiger partial charge in [-0.05, 0) is 55.2 Å². The fourth-order valence-electron chi connectivity index (χ4n) is 6.42. The number of pyridine rings is 2. The molecule has 4 N–H and O–H groups in total. The molecule has 2 saturated heterocycles. The van der Waals surface area contributed by atoms with Crippen LogP contribution >= 0.6 is 0 Å². The fraction of sp³-hybridized carbons (Fsp3) is 0.536. The summed E-state index contributed by atoms with van der Waals surface area (Å²) in [5.41, 5.74) is 6.43. The number of aromatic amines is 1. The van der Waals surface area contributed by atoms with Crippen molar-refractivity contribution >= 4 is 0 Å². The van der Waals surface area contributed by atoms with Crippen LogP contribution in [0.1, 0.15) is 62.5 Å². The van der Waals surface area contributed by atoms with Crippen LogP contribution in [0.4, 0.5) is 0 Å². The quantitative estimate of drug-likeness (QED) is 0.442. The van der Waals surface area contributed by atoms with Gasteiger partial charge in [0.15, 0.2) is 11.2 Å². The zero-order valence-electron chi connectivity index (χ0n) is 22.0. The van der Waals surface area contributed by atoms with Gasteiger partial charge in [0.25, 0.3) is 0 Å². The van der Waals surface area contributed by atoms with E-state index in [9.17, 15) is 0 Å². The van der Waals surface area contributed by atoms with Crippen molar-refractivity contribution in [1.82, 2.24) is 24.8 Å². The maximum atomic E-state index is 8.08. The van der Waals surface area contributed by atoms with Crippen LogP contribution in [-0.4, -0.2) is 64.2 Å². The zero-order valence-corrected chi connectivity index (χ0v) is 22.0. The van der Waals surface area contributed by atoms with Crippen molar-refractivity contribution in [2.75, 3.05) is 39.3 Å². The molecule has 0 unspecified atom stereocenters. The highest BCUT2D eigenvalue weighted by Crippen LogP contribution is 2.43. The number of hydrogen-bond acceptors (Lipinski definition) is 7. The highest BCUT2D eigenvalue weighted by Gasteiger charge is 2.50. The molecule has 0 aromatic carbocycles. The number of aromatic nitrogens is 4. The normalized spacial score (nSPS) is 23.1. The highest BCUT2D eigenvalue weighted by molar-refractivity contribution is 5.73. The molecule has 9 nitrogen and oxygen atoms in total. The number of hydrogen-bond donors (Lipinski definition) is 3. The molecule has 9 heteroatoms. The van der Waals surface area contributed by atoms with E-state index in [1.165, 1.54) is 49.0 Å². The summed E-state index contributed by atoms with van der Waals surface area (Å²) in [6.45, 7) is 8.69. The molecule has 0 atom stereocenters. The minimum atomic E-state index is 0.112. The first kappa shape index (κ1) is 24.2. The smallest absolute Gasteiger partial charge is 0.186 e. The molecule has 3 aromatic heterocycles. The summed E-state index contributed by atoms with van der Waals surface area (Å²) >= 11 is 0. The van der Waals surface area contributed by atoms with E-state index >= 15 is 0 Å². The number of likely N-dealkylation sites (tertiary alicyclic amines) is 1. The van der Waals surface area contributed by atoms with Crippen LogP contribution in [0.2, 0.25) is 0 Å². The molecule has 0 amide bonds.